The van der Waals surface area contributed by atoms with Crippen LogP contribution in [0.15, 0.2) is 29.2 Å². The van der Waals surface area contributed by atoms with E-state index in [2.05, 4.69) is 0 Å². The summed E-state index contributed by atoms with van der Waals surface area (Å²) in [4.78, 5) is 24.8. The second kappa shape index (κ2) is 8.81. The van der Waals surface area contributed by atoms with E-state index in [0.717, 1.165) is 10.4 Å². The third kappa shape index (κ3) is 5.30. The largest absolute Gasteiger partial charge is 0.495 e. The number of nitrogens with zero attached hydrogens (tertiary/aromatic N) is 2. The van der Waals surface area contributed by atoms with E-state index in [4.69, 9.17) is 9.47 Å². The molecule has 0 saturated heterocycles. The van der Waals surface area contributed by atoms with Crippen LogP contribution in [0, 0.1) is 0 Å². The fourth-order valence-corrected chi connectivity index (χ4v) is 3.07. The normalized spacial score (nSPS) is 12.9. The van der Waals surface area contributed by atoms with Crippen molar-refractivity contribution in [2.24, 2.45) is 0 Å². The van der Waals surface area contributed by atoms with Crippen molar-refractivity contribution >= 4 is 28.0 Å². The lowest BCUT2D eigenvalue weighted by molar-refractivity contribution is -0.153. The van der Waals surface area contributed by atoms with Gasteiger partial charge in [-0.3, -0.25) is 4.79 Å². The molecule has 0 fully saturated rings. The zero-order valence-electron chi connectivity index (χ0n) is 15.7. The molecule has 1 atom stereocenters. The van der Waals surface area contributed by atoms with Crippen LogP contribution in [0.1, 0.15) is 12.5 Å². The Bertz CT molecular complexity index is 799. The Morgan fingerprint density at radius 2 is 1.77 bits per heavy atom. The van der Waals surface area contributed by atoms with Crippen LogP contribution in [0.4, 0.5) is 0 Å². The van der Waals surface area contributed by atoms with E-state index in [-0.39, 0.29) is 16.6 Å². The molecule has 0 unspecified atom stereocenters. The van der Waals surface area contributed by atoms with Crippen LogP contribution in [0.5, 0.6) is 5.75 Å². The Morgan fingerprint density at radius 1 is 1.15 bits per heavy atom. The number of carbonyl (C=O) groups excluding carboxylic acids is 2. The Morgan fingerprint density at radius 3 is 2.27 bits per heavy atom. The number of sulfonamides is 1. The van der Waals surface area contributed by atoms with E-state index in [9.17, 15) is 18.0 Å². The summed E-state index contributed by atoms with van der Waals surface area (Å²) < 4.78 is 35.9. The van der Waals surface area contributed by atoms with E-state index in [1.54, 1.807) is 20.2 Å². The zero-order valence-corrected chi connectivity index (χ0v) is 16.5. The number of carbonyl (C=O) groups is 2. The van der Waals surface area contributed by atoms with Gasteiger partial charge in [-0.1, -0.05) is 6.07 Å². The number of hydrogen-bond acceptors (Lipinski definition) is 6. The van der Waals surface area contributed by atoms with Crippen molar-refractivity contribution in [2.45, 2.75) is 17.9 Å². The van der Waals surface area contributed by atoms with Crippen molar-refractivity contribution in [3.05, 3.63) is 29.8 Å². The van der Waals surface area contributed by atoms with Crippen LogP contribution in [-0.2, 0) is 24.3 Å². The maximum absolute atomic E-state index is 12.4. The predicted octanol–water partition coefficient (Wildman–Crippen LogP) is 0.979. The molecule has 0 bridgehead atoms. The lowest BCUT2D eigenvalue weighted by atomic mass is 10.2. The van der Waals surface area contributed by atoms with Gasteiger partial charge in [0.2, 0.25) is 10.0 Å². The van der Waals surface area contributed by atoms with E-state index >= 15 is 0 Å². The minimum atomic E-state index is -3.71. The number of amides is 1. The molecule has 0 aliphatic rings. The van der Waals surface area contributed by atoms with Gasteiger partial charge in [-0.25, -0.2) is 17.5 Å². The topological polar surface area (TPSA) is 93.2 Å². The van der Waals surface area contributed by atoms with E-state index in [1.807, 2.05) is 0 Å². The highest BCUT2D eigenvalue weighted by Gasteiger charge is 2.22. The molecule has 0 spiro atoms. The zero-order chi connectivity index (χ0) is 20.1. The summed E-state index contributed by atoms with van der Waals surface area (Å²) in [6.07, 6.45) is 1.62. The third-order valence-electron chi connectivity index (χ3n) is 3.44. The predicted molar refractivity (Wildman–Crippen MR) is 97.1 cm³/mol. The lowest BCUT2D eigenvalue weighted by Gasteiger charge is -2.16. The summed E-state index contributed by atoms with van der Waals surface area (Å²) in [7, 11) is 3.62. The van der Waals surface area contributed by atoms with Gasteiger partial charge in [0.1, 0.15) is 10.6 Å². The summed E-state index contributed by atoms with van der Waals surface area (Å²) in [5, 5.41) is 0. The van der Waals surface area contributed by atoms with Crippen LogP contribution in [-0.4, -0.2) is 70.9 Å². The second-order valence-electron chi connectivity index (χ2n) is 5.84. The molecule has 0 radical (unpaired) electrons. The van der Waals surface area contributed by atoms with Gasteiger partial charge in [-0.05, 0) is 30.7 Å². The molecular weight excluding hydrogens is 360 g/mol. The van der Waals surface area contributed by atoms with Crippen LogP contribution in [0.2, 0.25) is 0 Å². The SMILES string of the molecule is COc1ccc(/C=C/C(=O)O[C@H](C)C(=O)N(C)C)cc1S(=O)(=O)N(C)C. The molecule has 0 aromatic heterocycles. The van der Waals surface area contributed by atoms with Gasteiger partial charge in [0, 0.05) is 34.3 Å². The molecule has 9 heteroatoms. The molecule has 144 valence electrons. The highest BCUT2D eigenvalue weighted by Crippen LogP contribution is 2.27. The van der Waals surface area contributed by atoms with Crippen molar-refractivity contribution < 1.29 is 27.5 Å². The maximum Gasteiger partial charge on any atom is 0.331 e. The van der Waals surface area contributed by atoms with Crippen LogP contribution in [0.25, 0.3) is 6.08 Å². The first-order valence-corrected chi connectivity index (χ1v) is 9.15. The van der Waals surface area contributed by atoms with Gasteiger partial charge in [0.05, 0.1) is 7.11 Å². The number of methoxy groups -OCH3 is 1. The molecule has 1 aromatic rings. The Balaban J connectivity index is 3.02. The molecule has 0 saturated carbocycles. The van der Waals surface area contributed by atoms with Crippen molar-refractivity contribution in [1.82, 2.24) is 9.21 Å². The van der Waals surface area contributed by atoms with Crippen LogP contribution in [0.3, 0.4) is 0 Å². The smallest absolute Gasteiger partial charge is 0.331 e. The maximum atomic E-state index is 12.4. The molecule has 8 nitrogen and oxygen atoms in total. The fourth-order valence-electron chi connectivity index (χ4n) is 1.99. The second-order valence-corrected chi connectivity index (χ2v) is 7.96. The quantitative estimate of drug-likeness (QED) is 0.514. The van der Waals surface area contributed by atoms with E-state index < -0.39 is 22.1 Å². The third-order valence-corrected chi connectivity index (χ3v) is 5.28. The molecule has 0 N–H and O–H groups in total. The average Bonchev–Trinajstić information content (AvgIpc) is 2.58. The van der Waals surface area contributed by atoms with Crippen molar-refractivity contribution in [2.75, 3.05) is 35.3 Å². The minimum Gasteiger partial charge on any atom is -0.495 e. The number of hydrogen-bond donors (Lipinski definition) is 0. The fraction of sp³-hybridized carbons (Fsp3) is 0.412. The Kier molecular flexibility index (Phi) is 7.34. The summed E-state index contributed by atoms with van der Waals surface area (Å²) in [6.45, 7) is 1.48. The number of likely N-dealkylation sites (N-methyl/N-ethyl adjacent to an activating group) is 1. The molecule has 0 aliphatic heterocycles. The number of esters is 1. The van der Waals surface area contributed by atoms with Gasteiger partial charge in [-0.2, -0.15) is 0 Å². The van der Waals surface area contributed by atoms with Crippen LogP contribution < -0.4 is 4.74 Å². The Hall–Kier alpha value is -2.39. The molecular formula is C17H24N2O6S. The minimum absolute atomic E-state index is 0.0170. The highest BCUT2D eigenvalue weighted by atomic mass is 32.2. The molecule has 26 heavy (non-hydrogen) atoms. The van der Waals surface area contributed by atoms with Crippen molar-refractivity contribution in [1.29, 1.82) is 0 Å². The summed E-state index contributed by atoms with van der Waals surface area (Å²) in [5.74, 6) is -0.847. The molecule has 0 aliphatic carbocycles. The highest BCUT2D eigenvalue weighted by molar-refractivity contribution is 7.89. The molecule has 1 rings (SSSR count). The molecule has 1 aromatic carbocycles. The van der Waals surface area contributed by atoms with Gasteiger partial charge >= 0.3 is 5.97 Å². The van der Waals surface area contributed by atoms with Crippen molar-refractivity contribution in [3.8, 4) is 5.75 Å². The molecule has 0 heterocycles. The summed E-state index contributed by atoms with van der Waals surface area (Å²) in [6, 6.07) is 4.50. The summed E-state index contributed by atoms with van der Waals surface area (Å²) in [5.41, 5.74) is 0.467. The van der Waals surface area contributed by atoms with E-state index in [0.29, 0.717) is 5.56 Å². The van der Waals surface area contributed by atoms with Crippen molar-refractivity contribution in [3.63, 3.8) is 0 Å². The number of rotatable bonds is 7. The summed E-state index contributed by atoms with van der Waals surface area (Å²) >= 11 is 0. The van der Waals surface area contributed by atoms with Crippen LogP contribution >= 0.6 is 0 Å². The number of ether oxygens (including phenoxy) is 2. The average molecular weight is 384 g/mol. The first-order chi connectivity index (χ1) is 12.0. The standard InChI is InChI=1S/C17H24N2O6S/c1-12(17(21)18(2)3)25-16(20)10-8-13-7-9-14(24-6)15(11-13)26(22,23)19(4)5/h7-12H,1-6H3/b10-8+/t12-/m1/s1. The first-order valence-electron chi connectivity index (χ1n) is 7.71. The first kappa shape index (κ1) is 21.7. The van der Waals surface area contributed by atoms with E-state index in [1.165, 1.54) is 51.2 Å². The van der Waals surface area contributed by atoms with Gasteiger partial charge in [0.15, 0.2) is 6.10 Å². The monoisotopic (exact) mass is 384 g/mol. The van der Waals surface area contributed by atoms with Gasteiger partial charge in [-0.15, -0.1) is 0 Å². The lowest BCUT2D eigenvalue weighted by Crippen LogP contribution is -2.34. The Labute approximate surface area is 154 Å². The van der Waals surface area contributed by atoms with Gasteiger partial charge in [0.25, 0.3) is 5.91 Å². The van der Waals surface area contributed by atoms with Gasteiger partial charge < -0.3 is 14.4 Å². The molecule has 1 amide bonds. The number of benzene rings is 1.